The van der Waals surface area contributed by atoms with E-state index in [1.165, 1.54) is 5.57 Å². The second-order valence-electron chi connectivity index (χ2n) is 5.96. The van der Waals surface area contributed by atoms with E-state index in [1.807, 2.05) is 6.08 Å². The highest BCUT2D eigenvalue weighted by Crippen LogP contribution is 2.19. The molecule has 0 aliphatic carbocycles. The molecule has 6 heteroatoms. The van der Waals surface area contributed by atoms with Crippen LogP contribution in [0, 0.1) is 16.0 Å². The lowest BCUT2D eigenvalue weighted by Crippen LogP contribution is -2.47. The van der Waals surface area contributed by atoms with E-state index in [-0.39, 0.29) is 12.3 Å². The van der Waals surface area contributed by atoms with Crippen molar-refractivity contribution < 1.29 is 10.0 Å². The predicted molar refractivity (Wildman–Crippen MR) is 88.3 cm³/mol. The number of allylic oxidation sites excluding steroid dienone is 1. The van der Waals surface area contributed by atoms with Crippen molar-refractivity contribution >= 4 is 0 Å². The van der Waals surface area contributed by atoms with Crippen LogP contribution in [-0.2, 0) is 0 Å². The third kappa shape index (κ3) is 6.25. The van der Waals surface area contributed by atoms with Crippen LogP contribution in [0.1, 0.15) is 26.7 Å². The van der Waals surface area contributed by atoms with Gasteiger partial charge in [-0.3, -0.25) is 19.9 Å². The Morgan fingerprint density at radius 2 is 1.95 bits per heavy atom. The van der Waals surface area contributed by atoms with Gasteiger partial charge in [0.2, 0.25) is 5.70 Å². The van der Waals surface area contributed by atoms with E-state index < -0.39 is 4.92 Å². The lowest BCUT2D eigenvalue weighted by Gasteiger charge is -2.35. The monoisotopic (exact) mass is 311 g/mol. The molecule has 1 saturated heterocycles. The number of rotatable bonds is 9. The number of nitrogens with zero attached hydrogens (tertiary/aromatic N) is 3. The van der Waals surface area contributed by atoms with E-state index in [1.54, 1.807) is 0 Å². The van der Waals surface area contributed by atoms with Crippen LogP contribution in [0.2, 0.25) is 0 Å². The first kappa shape index (κ1) is 18.8. The quantitative estimate of drug-likeness (QED) is 0.399. The van der Waals surface area contributed by atoms with Crippen molar-refractivity contribution in [3.05, 3.63) is 34.0 Å². The van der Waals surface area contributed by atoms with Gasteiger partial charge in [-0.2, -0.15) is 0 Å². The molecule has 1 heterocycles. The second kappa shape index (κ2) is 9.71. The lowest BCUT2D eigenvalue weighted by molar-refractivity contribution is -0.426. The maximum absolute atomic E-state index is 10.7. The summed E-state index contributed by atoms with van der Waals surface area (Å²) in [6.45, 7) is 13.5. The third-order valence-electron chi connectivity index (χ3n) is 4.39. The highest BCUT2D eigenvalue weighted by molar-refractivity contribution is 5.11. The van der Waals surface area contributed by atoms with Crippen molar-refractivity contribution in [1.82, 2.24) is 9.80 Å². The zero-order valence-corrected chi connectivity index (χ0v) is 13.8. The SMILES string of the molecule is C=C(C/C=C(/CN1CCN(CCO)CC1)[C@H](C)CC)[N+](=O)[O-]. The molecule has 1 atom stereocenters. The zero-order valence-electron chi connectivity index (χ0n) is 13.8. The number of aliphatic hydroxyl groups excluding tert-OH is 1. The van der Waals surface area contributed by atoms with E-state index in [0.717, 1.165) is 45.7 Å². The number of nitro groups is 1. The van der Waals surface area contributed by atoms with Crippen molar-refractivity contribution in [2.24, 2.45) is 5.92 Å². The Labute approximate surface area is 133 Å². The Morgan fingerprint density at radius 1 is 1.36 bits per heavy atom. The van der Waals surface area contributed by atoms with Gasteiger partial charge in [0, 0.05) is 39.3 Å². The molecule has 1 fully saturated rings. The Kier molecular flexibility index (Phi) is 8.30. The van der Waals surface area contributed by atoms with E-state index in [4.69, 9.17) is 5.11 Å². The summed E-state index contributed by atoms with van der Waals surface area (Å²) in [5, 5.41) is 19.7. The molecule has 1 rings (SSSR count). The summed E-state index contributed by atoms with van der Waals surface area (Å²) in [7, 11) is 0. The Balaban J connectivity index is 2.57. The first-order chi connectivity index (χ1) is 10.5. The summed E-state index contributed by atoms with van der Waals surface area (Å²) in [6.07, 6.45) is 3.33. The number of piperazine rings is 1. The summed E-state index contributed by atoms with van der Waals surface area (Å²) in [5.41, 5.74) is 1.31. The molecule has 0 aromatic rings. The molecule has 6 nitrogen and oxygen atoms in total. The summed E-state index contributed by atoms with van der Waals surface area (Å²) >= 11 is 0. The van der Waals surface area contributed by atoms with E-state index in [2.05, 4.69) is 30.2 Å². The van der Waals surface area contributed by atoms with Gasteiger partial charge in [-0.25, -0.2) is 0 Å². The van der Waals surface area contributed by atoms with E-state index in [0.29, 0.717) is 12.3 Å². The van der Waals surface area contributed by atoms with Crippen LogP contribution < -0.4 is 0 Å². The summed E-state index contributed by atoms with van der Waals surface area (Å²) in [4.78, 5) is 14.9. The van der Waals surface area contributed by atoms with Gasteiger partial charge in [-0.05, 0) is 18.9 Å². The average Bonchev–Trinajstić information content (AvgIpc) is 2.52. The summed E-state index contributed by atoms with van der Waals surface area (Å²) in [6, 6.07) is 0. The molecule has 22 heavy (non-hydrogen) atoms. The van der Waals surface area contributed by atoms with Crippen LogP contribution in [-0.4, -0.2) is 65.7 Å². The van der Waals surface area contributed by atoms with Gasteiger partial charge in [0.15, 0.2) is 0 Å². The highest BCUT2D eigenvalue weighted by Gasteiger charge is 2.19. The van der Waals surface area contributed by atoms with Crippen molar-refractivity contribution in [2.45, 2.75) is 26.7 Å². The first-order valence-electron chi connectivity index (χ1n) is 8.04. The number of aliphatic hydroxyl groups is 1. The van der Waals surface area contributed by atoms with Gasteiger partial charge in [0.05, 0.1) is 18.0 Å². The highest BCUT2D eigenvalue weighted by atomic mass is 16.6. The Hall–Kier alpha value is -1.24. The molecule has 1 aliphatic heterocycles. The van der Waals surface area contributed by atoms with Crippen molar-refractivity contribution in [3.63, 3.8) is 0 Å². The largest absolute Gasteiger partial charge is 0.395 e. The van der Waals surface area contributed by atoms with Gasteiger partial charge in [-0.15, -0.1) is 0 Å². The number of hydrogen-bond acceptors (Lipinski definition) is 5. The Bertz CT molecular complexity index is 401. The third-order valence-corrected chi connectivity index (χ3v) is 4.39. The fourth-order valence-electron chi connectivity index (χ4n) is 2.58. The van der Waals surface area contributed by atoms with Crippen LogP contribution >= 0.6 is 0 Å². The molecule has 0 aromatic carbocycles. The normalized spacial score (nSPS) is 19.1. The first-order valence-corrected chi connectivity index (χ1v) is 8.04. The molecule has 0 spiro atoms. The minimum absolute atomic E-state index is 0.0496. The summed E-state index contributed by atoms with van der Waals surface area (Å²) in [5.74, 6) is 0.426. The van der Waals surface area contributed by atoms with Gasteiger partial charge < -0.3 is 5.11 Å². The average molecular weight is 311 g/mol. The second-order valence-corrected chi connectivity index (χ2v) is 5.96. The van der Waals surface area contributed by atoms with Crippen molar-refractivity contribution in [1.29, 1.82) is 0 Å². The number of β-amino-alcohol motifs (C(OH)–C–C–N with tert-alkyl or cyclic N) is 1. The molecule has 1 aliphatic rings. The molecule has 126 valence electrons. The minimum Gasteiger partial charge on any atom is -0.395 e. The molecule has 0 unspecified atom stereocenters. The molecule has 0 bridgehead atoms. The molecule has 0 radical (unpaired) electrons. The fourth-order valence-corrected chi connectivity index (χ4v) is 2.58. The fraction of sp³-hybridized carbons (Fsp3) is 0.750. The topological polar surface area (TPSA) is 69.8 Å². The molecule has 0 amide bonds. The molecule has 1 N–H and O–H groups in total. The van der Waals surface area contributed by atoms with Gasteiger partial charge in [0.25, 0.3) is 0 Å². The van der Waals surface area contributed by atoms with Crippen LogP contribution in [0.15, 0.2) is 23.9 Å². The molecule has 0 aromatic heterocycles. The zero-order chi connectivity index (χ0) is 16.5. The van der Waals surface area contributed by atoms with Crippen molar-refractivity contribution in [3.8, 4) is 0 Å². The van der Waals surface area contributed by atoms with Gasteiger partial charge in [0.1, 0.15) is 0 Å². The minimum atomic E-state index is -0.404. The van der Waals surface area contributed by atoms with Crippen molar-refractivity contribution in [2.75, 3.05) is 45.9 Å². The maximum atomic E-state index is 10.7. The number of hydrogen-bond donors (Lipinski definition) is 1. The van der Waals surface area contributed by atoms with E-state index >= 15 is 0 Å². The van der Waals surface area contributed by atoms with Crippen LogP contribution in [0.4, 0.5) is 0 Å². The van der Waals surface area contributed by atoms with Gasteiger partial charge in [-0.1, -0.05) is 25.5 Å². The molecular formula is C16H29N3O3. The smallest absolute Gasteiger partial charge is 0.242 e. The lowest BCUT2D eigenvalue weighted by atomic mass is 9.96. The molecule has 0 saturated carbocycles. The Morgan fingerprint density at radius 3 is 2.45 bits per heavy atom. The predicted octanol–water partition coefficient (Wildman–Crippen LogP) is 1.75. The van der Waals surface area contributed by atoms with Gasteiger partial charge >= 0.3 is 0 Å². The van der Waals surface area contributed by atoms with E-state index in [9.17, 15) is 10.1 Å². The molecular weight excluding hydrogens is 282 g/mol. The summed E-state index contributed by atoms with van der Waals surface area (Å²) < 4.78 is 0. The maximum Gasteiger partial charge on any atom is 0.242 e. The van der Waals surface area contributed by atoms with Crippen LogP contribution in [0.3, 0.4) is 0 Å². The van der Waals surface area contributed by atoms with Crippen LogP contribution in [0.5, 0.6) is 0 Å². The van der Waals surface area contributed by atoms with Crippen LogP contribution in [0.25, 0.3) is 0 Å². The standard InChI is InChI=1S/C16H29N3O3/c1-4-14(2)16(6-5-15(3)19(21)22)13-18-9-7-17(8-10-18)11-12-20/h6,14,20H,3-5,7-13H2,1-2H3/b16-6-/t14-/m1/s1.